The minimum Gasteiger partial charge on any atom is -0.478 e. The Bertz CT molecular complexity index is 719. The van der Waals surface area contributed by atoms with Crippen LogP contribution < -0.4 is 0 Å². The van der Waals surface area contributed by atoms with Crippen LogP contribution >= 0.6 is 0 Å². The topological polar surface area (TPSA) is 98.3 Å². The van der Waals surface area contributed by atoms with Crippen molar-refractivity contribution in [3.8, 4) is 5.69 Å². The number of aromatic nitrogens is 2. The lowest BCUT2D eigenvalue weighted by atomic mass is 10.1. The van der Waals surface area contributed by atoms with Gasteiger partial charge in [0.15, 0.2) is 0 Å². The number of imidazole rings is 1. The summed E-state index contributed by atoms with van der Waals surface area (Å²) in [5.74, 6) is -0.392. The van der Waals surface area contributed by atoms with Crippen molar-refractivity contribution in [3.63, 3.8) is 0 Å². The van der Waals surface area contributed by atoms with Crippen molar-refractivity contribution in [1.82, 2.24) is 9.55 Å². The number of aliphatic carboxylic acids is 1. The molecule has 0 saturated heterocycles. The van der Waals surface area contributed by atoms with Crippen molar-refractivity contribution in [2.45, 2.75) is 13.3 Å². The minimum absolute atomic E-state index is 0.102. The van der Waals surface area contributed by atoms with Crippen LogP contribution in [0.3, 0.4) is 0 Å². The van der Waals surface area contributed by atoms with Crippen LogP contribution in [0.25, 0.3) is 11.8 Å². The number of carbonyl (C=O) groups is 1. The molecule has 0 bridgehead atoms. The van der Waals surface area contributed by atoms with Gasteiger partial charge in [-0.2, -0.15) is 0 Å². The van der Waals surface area contributed by atoms with E-state index in [0.717, 1.165) is 6.08 Å². The molecule has 0 fully saturated rings. The van der Waals surface area contributed by atoms with Crippen LogP contribution in [0, 0.1) is 10.1 Å². The highest BCUT2D eigenvalue weighted by Crippen LogP contribution is 2.26. The van der Waals surface area contributed by atoms with Crippen LogP contribution in [-0.2, 0) is 11.2 Å². The fraction of sp³-hybridized carbons (Fsp3) is 0.143. The zero-order valence-corrected chi connectivity index (χ0v) is 11.3. The third-order valence-corrected chi connectivity index (χ3v) is 2.91. The molecule has 0 aliphatic carbocycles. The van der Waals surface area contributed by atoms with Gasteiger partial charge >= 0.3 is 5.97 Å². The van der Waals surface area contributed by atoms with E-state index in [0.29, 0.717) is 23.5 Å². The molecule has 7 heteroatoms. The van der Waals surface area contributed by atoms with Gasteiger partial charge in [0, 0.05) is 31.0 Å². The van der Waals surface area contributed by atoms with Gasteiger partial charge in [-0.15, -0.1) is 0 Å². The summed E-state index contributed by atoms with van der Waals surface area (Å²) in [6.07, 6.45) is 6.14. The fourth-order valence-electron chi connectivity index (χ4n) is 1.98. The van der Waals surface area contributed by atoms with E-state index >= 15 is 0 Å². The Morgan fingerprint density at radius 1 is 1.52 bits per heavy atom. The first-order valence-electron chi connectivity index (χ1n) is 6.25. The number of nitro benzene ring substituents is 1. The maximum atomic E-state index is 11.2. The maximum absolute atomic E-state index is 11.2. The first-order valence-corrected chi connectivity index (χ1v) is 6.25. The van der Waals surface area contributed by atoms with Gasteiger partial charge in [0.05, 0.1) is 4.92 Å². The SMILES string of the molecule is CCc1nccn1-c1ccc(C=CC(=O)O)cc1[N+](=O)[O-]. The summed E-state index contributed by atoms with van der Waals surface area (Å²) >= 11 is 0. The van der Waals surface area contributed by atoms with Gasteiger partial charge in [-0.05, 0) is 17.7 Å². The monoisotopic (exact) mass is 287 g/mol. The van der Waals surface area contributed by atoms with Crippen molar-refractivity contribution in [2.24, 2.45) is 0 Å². The number of nitro groups is 1. The van der Waals surface area contributed by atoms with Gasteiger partial charge in [0.25, 0.3) is 5.69 Å². The van der Waals surface area contributed by atoms with Crippen LogP contribution in [0.15, 0.2) is 36.7 Å². The molecule has 1 aromatic carbocycles. The predicted octanol–water partition coefficient (Wildman–Crippen LogP) is 2.44. The number of aryl methyl sites for hydroxylation is 1. The number of carboxylic acids is 1. The molecule has 21 heavy (non-hydrogen) atoms. The lowest BCUT2D eigenvalue weighted by Crippen LogP contribution is -2.03. The second-order valence-electron chi connectivity index (χ2n) is 4.24. The molecule has 7 nitrogen and oxygen atoms in total. The molecule has 0 spiro atoms. The van der Waals surface area contributed by atoms with Crippen LogP contribution in [0.1, 0.15) is 18.3 Å². The zero-order chi connectivity index (χ0) is 15.4. The summed E-state index contributed by atoms with van der Waals surface area (Å²) in [5.41, 5.74) is 0.753. The Kier molecular flexibility index (Phi) is 4.13. The molecule has 0 saturated carbocycles. The Morgan fingerprint density at radius 3 is 2.90 bits per heavy atom. The van der Waals surface area contributed by atoms with E-state index in [1.165, 1.54) is 12.1 Å². The second-order valence-corrected chi connectivity index (χ2v) is 4.24. The number of benzene rings is 1. The van der Waals surface area contributed by atoms with Crippen molar-refractivity contribution >= 4 is 17.7 Å². The van der Waals surface area contributed by atoms with Crippen molar-refractivity contribution in [2.75, 3.05) is 0 Å². The average molecular weight is 287 g/mol. The standard InChI is InChI=1S/C14H13N3O4/c1-2-13-15-7-8-16(13)11-5-3-10(4-6-14(18)19)9-12(11)17(20)21/h3-9H,2H2,1H3,(H,18,19). The number of hydrogen-bond donors (Lipinski definition) is 1. The highest BCUT2D eigenvalue weighted by molar-refractivity contribution is 5.85. The van der Waals surface area contributed by atoms with Gasteiger partial charge in [0.1, 0.15) is 11.5 Å². The summed E-state index contributed by atoms with van der Waals surface area (Å²) in [5, 5.41) is 19.8. The average Bonchev–Trinajstić information content (AvgIpc) is 2.93. The third kappa shape index (κ3) is 3.14. The Balaban J connectivity index is 2.52. The number of nitrogens with zero attached hydrogens (tertiary/aromatic N) is 3. The van der Waals surface area contributed by atoms with E-state index in [4.69, 9.17) is 5.11 Å². The molecule has 2 rings (SSSR count). The van der Waals surface area contributed by atoms with Crippen LogP contribution in [0.5, 0.6) is 0 Å². The van der Waals surface area contributed by atoms with E-state index in [2.05, 4.69) is 4.98 Å². The van der Waals surface area contributed by atoms with E-state index in [9.17, 15) is 14.9 Å². The molecule has 0 atom stereocenters. The summed E-state index contributed by atoms with van der Waals surface area (Å²) in [6.45, 7) is 1.91. The second kappa shape index (κ2) is 6.00. The number of carboxylic acid groups (broad SMARTS) is 1. The third-order valence-electron chi connectivity index (χ3n) is 2.91. The molecule has 0 aliphatic rings. The largest absolute Gasteiger partial charge is 0.478 e. The van der Waals surface area contributed by atoms with Crippen LogP contribution in [-0.4, -0.2) is 25.6 Å². The number of hydrogen-bond acceptors (Lipinski definition) is 4. The molecule has 1 aromatic heterocycles. The lowest BCUT2D eigenvalue weighted by Gasteiger charge is -2.08. The molecular weight excluding hydrogens is 274 g/mol. The summed E-state index contributed by atoms with van der Waals surface area (Å²) in [4.78, 5) is 25.4. The molecule has 2 aromatic rings. The van der Waals surface area contributed by atoms with Gasteiger partial charge < -0.3 is 5.11 Å². The van der Waals surface area contributed by atoms with Gasteiger partial charge in [-0.3, -0.25) is 14.7 Å². The van der Waals surface area contributed by atoms with Crippen LogP contribution in [0.4, 0.5) is 5.69 Å². The zero-order valence-electron chi connectivity index (χ0n) is 11.3. The smallest absolute Gasteiger partial charge is 0.328 e. The molecule has 0 radical (unpaired) electrons. The Hall–Kier alpha value is -2.96. The highest BCUT2D eigenvalue weighted by Gasteiger charge is 2.17. The van der Waals surface area contributed by atoms with E-state index in [-0.39, 0.29) is 5.69 Å². The van der Waals surface area contributed by atoms with Crippen molar-refractivity contribution in [3.05, 3.63) is 58.2 Å². The van der Waals surface area contributed by atoms with E-state index < -0.39 is 10.9 Å². The van der Waals surface area contributed by atoms with Gasteiger partial charge in [-0.1, -0.05) is 13.0 Å². The van der Waals surface area contributed by atoms with Gasteiger partial charge in [0.2, 0.25) is 0 Å². The normalized spacial score (nSPS) is 10.9. The first-order chi connectivity index (χ1) is 10.0. The first kappa shape index (κ1) is 14.4. The molecule has 0 aliphatic heterocycles. The summed E-state index contributed by atoms with van der Waals surface area (Å²) < 4.78 is 1.66. The minimum atomic E-state index is -1.11. The molecule has 0 unspecified atom stereocenters. The van der Waals surface area contributed by atoms with E-state index in [1.54, 1.807) is 29.1 Å². The maximum Gasteiger partial charge on any atom is 0.328 e. The Morgan fingerprint density at radius 2 is 2.29 bits per heavy atom. The summed E-state index contributed by atoms with van der Waals surface area (Å²) in [6, 6.07) is 4.55. The quantitative estimate of drug-likeness (QED) is 0.517. The van der Waals surface area contributed by atoms with Crippen molar-refractivity contribution in [1.29, 1.82) is 0 Å². The van der Waals surface area contributed by atoms with Gasteiger partial charge in [-0.25, -0.2) is 9.78 Å². The highest BCUT2D eigenvalue weighted by atomic mass is 16.6. The molecule has 0 amide bonds. The molecule has 1 N–H and O–H groups in total. The molecule has 108 valence electrons. The fourth-order valence-corrected chi connectivity index (χ4v) is 1.98. The Labute approximate surface area is 120 Å². The lowest BCUT2D eigenvalue weighted by molar-refractivity contribution is -0.384. The molecule has 1 heterocycles. The van der Waals surface area contributed by atoms with E-state index in [1.807, 2.05) is 6.92 Å². The summed E-state index contributed by atoms with van der Waals surface area (Å²) in [7, 11) is 0. The molecular formula is C14H13N3O4. The number of rotatable bonds is 5. The van der Waals surface area contributed by atoms with Crippen LogP contribution in [0.2, 0.25) is 0 Å². The predicted molar refractivity (Wildman–Crippen MR) is 76.3 cm³/mol. The van der Waals surface area contributed by atoms with Crippen molar-refractivity contribution < 1.29 is 14.8 Å².